The summed E-state index contributed by atoms with van der Waals surface area (Å²) < 4.78 is 13.4. The molecule has 0 fully saturated rings. The smallest absolute Gasteiger partial charge is 0.270 e. The van der Waals surface area contributed by atoms with E-state index in [-0.39, 0.29) is 17.8 Å². The van der Waals surface area contributed by atoms with Gasteiger partial charge in [0.15, 0.2) is 0 Å². The van der Waals surface area contributed by atoms with E-state index in [2.05, 4.69) is 26.2 Å². The molecule has 1 unspecified atom stereocenters. The summed E-state index contributed by atoms with van der Waals surface area (Å²) in [5.74, 6) is -0.482. The zero-order valence-electron chi connectivity index (χ0n) is 10.9. The highest BCUT2D eigenvalue weighted by Gasteiger charge is 2.11. The van der Waals surface area contributed by atoms with Crippen LogP contribution in [0.2, 0.25) is 0 Å². The van der Waals surface area contributed by atoms with E-state index in [4.69, 9.17) is 0 Å². The lowest BCUT2D eigenvalue weighted by atomic mass is 10.1. The number of hydrogen-bond acceptors (Lipinski definition) is 2. The monoisotopic (exact) mass is 336 g/mol. The van der Waals surface area contributed by atoms with E-state index in [1.54, 1.807) is 30.3 Å². The SMILES string of the molecule is CC(Cc1ccc(F)cc1)NC(=O)c1cccc(Br)n1. The van der Waals surface area contributed by atoms with Gasteiger partial charge in [0.05, 0.1) is 0 Å². The Hall–Kier alpha value is -1.75. The summed E-state index contributed by atoms with van der Waals surface area (Å²) in [6.45, 7) is 1.90. The third kappa shape index (κ3) is 4.13. The molecule has 1 amide bonds. The van der Waals surface area contributed by atoms with Crippen molar-refractivity contribution in [3.63, 3.8) is 0 Å². The van der Waals surface area contributed by atoms with E-state index in [9.17, 15) is 9.18 Å². The molecule has 0 radical (unpaired) electrons. The van der Waals surface area contributed by atoms with Crippen molar-refractivity contribution >= 4 is 21.8 Å². The fourth-order valence-electron chi connectivity index (χ4n) is 1.86. The van der Waals surface area contributed by atoms with Crippen LogP contribution in [0.25, 0.3) is 0 Å². The molecule has 3 nitrogen and oxygen atoms in total. The largest absolute Gasteiger partial charge is 0.348 e. The van der Waals surface area contributed by atoms with E-state index in [0.717, 1.165) is 5.56 Å². The van der Waals surface area contributed by atoms with Crippen molar-refractivity contribution in [2.75, 3.05) is 0 Å². The molecule has 2 aromatic rings. The first-order valence-electron chi connectivity index (χ1n) is 6.22. The predicted octanol–water partition coefficient (Wildman–Crippen LogP) is 3.34. The van der Waals surface area contributed by atoms with Gasteiger partial charge >= 0.3 is 0 Å². The predicted molar refractivity (Wildman–Crippen MR) is 79.0 cm³/mol. The number of pyridine rings is 1. The topological polar surface area (TPSA) is 42.0 Å². The summed E-state index contributed by atoms with van der Waals surface area (Å²) in [7, 11) is 0. The molecule has 0 aliphatic rings. The molecule has 5 heteroatoms. The van der Waals surface area contributed by atoms with E-state index < -0.39 is 0 Å². The minimum atomic E-state index is -0.260. The van der Waals surface area contributed by atoms with Crippen LogP contribution in [0.1, 0.15) is 23.0 Å². The van der Waals surface area contributed by atoms with Gasteiger partial charge in [-0.1, -0.05) is 18.2 Å². The molecule has 104 valence electrons. The average Bonchev–Trinajstić information content (AvgIpc) is 2.41. The Morgan fingerprint density at radius 3 is 2.65 bits per heavy atom. The number of carbonyl (C=O) groups is 1. The maximum Gasteiger partial charge on any atom is 0.270 e. The molecule has 20 heavy (non-hydrogen) atoms. The molecular weight excluding hydrogens is 323 g/mol. The Morgan fingerprint density at radius 1 is 1.30 bits per heavy atom. The Morgan fingerprint density at radius 2 is 2.00 bits per heavy atom. The van der Waals surface area contributed by atoms with Crippen LogP contribution in [0.5, 0.6) is 0 Å². The van der Waals surface area contributed by atoms with Crippen LogP contribution in [0, 0.1) is 5.82 Å². The van der Waals surface area contributed by atoms with Gasteiger partial charge in [-0.3, -0.25) is 4.79 Å². The maximum absolute atomic E-state index is 12.8. The summed E-state index contributed by atoms with van der Waals surface area (Å²) in [6, 6.07) is 11.4. The standard InChI is InChI=1S/C15H14BrFN2O/c1-10(9-11-5-7-12(17)8-6-11)18-15(20)13-3-2-4-14(16)19-13/h2-8,10H,9H2,1H3,(H,18,20). The quantitative estimate of drug-likeness (QED) is 0.870. The van der Waals surface area contributed by atoms with Crippen molar-refractivity contribution in [1.82, 2.24) is 10.3 Å². The third-order valence-electron chi connectivity index (χ3n) is 2.78. The third-order valence-corrected chi connectivity index (χ3v) is 3.22. The van der Waals surface area contributed by atoms with E-state index >= 15 is 0 Å². The van der Waals surface area contributed by atoms with Gasteiger partial charge in [-0.25, -0.2) is 9.37 Å². The fourth-order valence-corrected chi connectivity index (χ4v) is 2.20. The number of aromatic nitrogens is 1. The summed E-state index contributed by atoms with van der Waals surface area (Å²) in [4.78, 5) is 16.1. The number of amides is 1. The zero-order chi connectivity index (χ0) is 14.5. The minimum Gasteiger partial charge on any atom is -0.348 e. The molecule has 0 spiro atoms. The lowest BCUT2D eigenvalue weighted by Crippen LogP contribution is -2.34. The molecule has 0 saturated heterocycles. The van der Waals surface area contributed by atoms with Crippen LogP contribution in [0.4, 0.5) is 4.39 Å². The number of halogens is 2. The van der Waals surface area contributed by atoms with Gasteiger partial charge in [0.25, 0.3) is 5.91 Å². The number of benzene rings is 1. The minimum absolute atomic E-state index is 0.0613. The summed E-state index contributed by atoms with van der Waals surface area (Å²) >= 11 is 3.23. The van der Waals surface area contributed by atoms with E-state index in [1.807, 2.05) is 6.92 Å². The lowest BCUT2D eigenvalue weighted by Gasteiger charge is -2.13. The second kappa shape index (κ2) is 6.61. The molecule has 1 atom stereocenters. The van der Waals surface area contributed by atoms with Crippen LogP contribution in [-0.2, 0) is 6.42 Å². The van der Waals surface area contributed by atoms with Gasteiger partial charge in [-0.15, -0.1) is 0 Å². The second-order valence-corrected chi connectivity index (χ2v) is 5.36. The van der Waals surface area contributed by atoms with Crippen LogP contribution >= 0.6 is 15.9 Å². The molecule has 0 bridgehead atoms. The first-order valence-corrected chi connectivity index (χ1v) is 7.02. The summed E-state index contributed by atoms with van der Waals surface area (Å²) in [6.07, 6.45) is 0.639. The Kier molecular flexibility index (Phi) is 4.84. The lowest BCUT2D eigenvalue weighted by molar-refractivity contribution is 0.0935. The Labute approximate surface area is 125 Å². The van der Waals surface area contributed by atoms with Crippen molar-refractivity contribution in [2.24, 2.45) is 0 Å². The molecule has 2 rings (SSSR count). The first-order chi connectivity index (χ1) is 9.54. The van der Waals surface area contributed by atoms with Crippen LogP contribution < -0.4 is 5.32 Å². The maximum atomic E-state index is 12.8. The number of nitrogens with zero attached hydrogens (tertiary/aromatic N) is 1. The molecule has 0 aliphatic carbocycles. The molecule has 0 saturated carbocycles. The van der Waals surface area contributed by atoms with Crippen molar-refractivity contribution < 1.29 is 9.18 Å². The van der Waals surface area contributed by atoms with Gasteiger partial charge < -0.3 is 5.32 Å². The van der Waals surface area contributed by atoms with Gasteiger partial charge in [0, 0.05) is 6.04 Å². The fraction of sp³-hybridized carbons (Fsp3) is 0.200. The average molecular weight is 337 g/mol. The van der Waals surface area contributed by atoms with Crippen LogP contribution in [0.15, 0.2) is 47.1 Å². The zero-order valence-corrected chi connectivity index (χ0v) is 12.5. The normalized spacial score (nSPS) is 11.9. The van der Waals surface area contributed by atoms with E-state index in [0.29, 0.717) is 16.7 Å². The highest BCUT2D eigenvalue weighted by molar-refractivity contribution is 9.10. The summed E-state index contributed by atoms with van der Waals surface area (Å²) in [5, 5.41) is 2.87. The Balaban J connectivity index is 1.95. The second-order valence-electron chi connectivity index (χ2n) is 4.55. The molecule has 1 aromatic heterocycles. The summed E-state index contributed by atoms with van der Waals surface area (Å²) in [5.41, 5.74) is 1.34. The van der Waals surface area contributed by atoms with Gasteiger partial charge in [-0.05, 0) is 59.1 Å². The Bertz CT molecular complexity index is 601. The first kappa shape index (κ1) is 14.7. The molecular formula is C15H14BrFN2O. The van der Waals surface area contributed by atoms with Crippen LogP contribution in [0.3, 0.4) is 0 Å². The van der Waals surface area contributed by atoms with Crippen molar-refractivity contribution in [3.8, 4) is 0 Å². The van der Waals surface area contributed by atoms with Crippen molar-refractivity contribution in [2.45, 2.75) is 19.4 Å². The molecule has 0 aliphatic heterocycles. The van der Waals surface area contributed by atoms with Gasteiger partial charge in [0.2, 0.25) is 0 Å². The molecule has 1 heterocycles. The highest BCUT2D eigenvalue weighted by atomic mass is 79.9. The number of hydrogen-bond donors (Lipinski definition) is 1. The molecule has 1 aromatic carbocycles. The number of rotatable bonds is 4. The number of carbonyl (C=O) groups excluding carboxylic acids is 1. The highest BCUT2D eigenvalue weighted by Crippen LogP contribution is 2.08. The molecule has 1 N–H and O–H groups in total. The van der Waals surface area contributed by atoms with Crippen LogP contribution in [-0.4, -0.2) is 16.9 Å². The van der Waals surface area contributed by atoms with Gasteiger partial charge in [0.1, 0.15) is 16.1 Å². The van der Waals surface area contributed by atoms with Crippen molar-refractivity contribution in [1.29, 1.82) is 0 Å². The van der Waals surface area contributed by atoms with E-state index in [1.165, 1.54) is 12.1 Å². The number of nitrogens with one attached hydrogen (secondary N) is 1. The van der Waals surface area contributed by atoms with Gasteiger partial charge in [-0.2, -0.15) is 0 Å². The van der Waals surface area contributed by atoms with Crippen molar-refractivity contribution in [3.05, 3.63) is 64.1 Å².